The van der Waals surface area contributed by atoms with E-state index >= 15 is 0 Å². The van der Waals surface area contributed by atoms with Crippen LogP contribution in [0.2, 0.25) is 0 Å². The number of sulfone groups is 1. The quantitative estimate of drug-likeness (QED) is 0.622. The highest BCUT2D eigenvalue weighted by Gasteiger charge is 2.05. The number of aliphatic imine (C=N–C) groups is 1. The van der Waals surface area contributed by atoms with Gasteiger partial charge < -0.3 is 11.1 Å². The number of rotatable bonds is 5. The number of guanidine groups is 1. The molecule has 0 radical (unpaired) electrons. The summed E-state index contributed by atoms with van der Waals surface area (Å²) in [6.07, 6.45) is 1.93. The van der Waals surface area contributed by atoms with Gasteiger partial charge in [0.1, 0.15) is 0 Å². The first-order valence-electron chi connectivity index (χ1n) is 6.14. The first-order valence-corrected chi connectivity index (χ1v) is 8.03. The van der Waals surface area contributed by atoms with Crippen molar-refractivity contribution in [2.24, 2.45) is 10.7 Å². The van der Waals surface area contributed by atoms with Crippen molar-refractivity contribution in [1.29, 1.82) is 0 Å². The molecule has 0 aromatic heterocycles. The van der Waals surface area contributed by atoms with E-state index in [1.165, 1.54) is 6.26 Å². The molecule has 0 aliphatic heterocycles. The average molecular weight is 283 g/mol. The van der Waals surface area contributed by atoms with Crippen LogP contribution < -0.4 is 11.1 Å². The Bertz CT molecular complexity index is 534. The summed E-state index contributed by atoms with van der Waals surface area (Å²) in [5.41, 5.74) is 6.72. The minimum absolute atomic E-state index is 0.262. The number of hydrogen-bond donors (Lipinski definition) is 2. The minimum Gasteiger partial charge on any atom is -0.370 e. The van der Waals surface area contributed by atoms with E-state index in [1.54, 1.807) is 24.3 Å². The second kappa shape index (κ2) is 6.56. The van der Waals surface area contributed by atoms with Crippen molar-refractivity contribution >= 4 is 15.8 Å². The monoisotopic (exact) mass is 283 g/mol. The lowest BCUT2D eigenvalue weighted by Gasteiger charge is -2.08. The van der Waals surface area contributed by atoms with E-state index in [0.717, 1.165) is 12.0 Å². The standard InChI is InChI=1S/C13H21N3O2S/c1-10(2)16-13(14)15-9-8-11-4-6-12(7-5-11)19(3,17)18/h4-7,10H,8-9H2,1-3H3,(H3,14,15,16). The molecule has 0 spiro atoms. The zero-order valence-corrected chi connectivity index (χ0v) is 12.4. The van der Waals surface area contributed by atoms with Gasteiger partial charge in [0.15, 0.2) is 15.8 Å². The van der Waals surface area contributed by atoms with Crippen molar-refractivity contribution in [2.75, 3.05) is 12.8 Å². The van der Waals surface area contributed by atoms with Gasteiger partial charge in [-0.25, -0.2) is 8.42 Å². The maximum absolute atomic E-state index is 11.3. The summed E-state index contributed by atoms with van der Waals surface area (Å²) >= 11 is 0. The Labute approximate surface area is 114 Å². The van der Waals surface area contributed by atoms with Crippen LogP contribution in [0.4, 0.5) is 0 Å². The van der Waals surface area contributed by atoms with Gasteiger partial charge in [0, 0.05) is 18.8 Å². The van der Waals surface area contributed by atoms with E-state index in [1.807, 2.05) is 13.8 Å². The van der Waals surface area contributed by atoms with Crippen LogP contribution in [0, 0.1) is 0 Å². The number of nitrogens with zero attached hydrogens (tertiary/aromatic N) is 1. The van der Waals surface area contributed by atoms with Gasteiger partial charge in [0.05, 0.1) is 4.90 Å². The molecule has 0 bridgehead atoms. The van der Waals surface area contributed by atoms with Gasteiger partial charge in [0.2, 0.25) is 0 Å². The molecule has 5 nitrogen and oxygen atoms in total. The van der Waals surface area contributed by atoms with Gasteiger partial charge in [-0.1, -0.05) is 12.1 Å². The molecule has 0 amide bonds. The molecule has 0 unspecified atom stereocenters. The summed E-state index contributed by atoms with van der Waals surface area (Å²) in [6.45, 7) is 4.56. The van der Waals surface area contributed by atoms with Crippen LogP contribution in [0.15, 0.2) is 34.2 Å². The topological polar surface area (TPSA) is 84.5 Å². The molecule has 3 N–H and O–H groups in total. The zero-order chi connectivity index (χ0) is 14.5. The van der Waals surface area contributed by atoms with Gasteiger partial charge in [-0.15, -0.1) is 0 Å². The highest BCUT2D eigenvalue weighted by Crippen LogP contribution is 2.10. The molecule has 0 aliphatic rings. The van der Waals surface area contributed by atoms with Crippen LogP contribution in [0.1, 0.15) is 19.4 Å². The maximum Gasteiger partial charge on any atom is 0.188 e. The van der Waals surface area contributed by atoms with E-state index in [9.17, 15) is 8.42 Å². The lowest BCUT2D eigenvalue weighted by atomic mass is 10.1. The van der Waals surface area contributed by atoms with Crippen LogP contribution in [0.3, 0.4) is 0 Å². The molecule has 0 saturated heterocycles. The van der Waals surface area contributed by atoms with Crippen molar-refractivity contribution in [3.63, 3.8) is 0 Å². The van der Waals surface area contributed by atoms with E-state index in [-0.39, 0.29) is 6.04 Å². The van der Waals surface area contributed by atoms with E-state index in [0.29, 0.717) is 17.4 Å². The van der Waals surface area contributed by atoms with Crippen molar-refractivity contribution in [3.8, 4) is 0 Å². The van der Waals surface area contributed by atoms with Crippen molar-refractivity contribution < 1.29 is 8.42 Å². The third kappa shape index (κ3) is 5.74. The Kier molecular flexibility index (Phi) is 5.35. The normalized spacial score (nSPS) is 12.7. The van der Waals surface area contributed by atoms with Crippen molar-refractivity contribution in [3.05, 3.63) is 29.8 Å². The Morgan fingerprint density at radius 2 is 1.89 bits per heavy atom. The van der Waals surface area contributed by atoms with Crippen LogP contribution in [-0.4, -0.2) is 33.2 Å². The van der Waals surface area contributed by atoms with Gasteiger partial charge in [-0.05, 0) is 38.0 Å². The molecule has 1 rings (SSSR count). The van der Waals surface area contributed by atoms with Gasteiger partial charge in [0.25, 0.3) is 0 Å². The molecule has 19 heavy (non-hydrogen) atoms. The smallest absolute Gasteiger partial charge is 0.188 e. The molecule has 0 atom stereocenters. The minimum atomic E-state index is -3.12. The third-order valence-corrected chi connectivity index (χ3v) is 3.60. The maximum atomic E-state index is 11.3. The van der Waals surface area contributed by atoms with Gasteiger partial charge in [-0.2, -0.15) is 0 Å². The molecule has 1 aromatic rings. The van der Waals surface area contributed by atoms with E-state index < -0.39 is 9.84 Å². The molecule has 0 aliphatic carbocycles. The Morgan fingerprint density at radius 3 is 2.37 bits per heavy atom. The SMILES string of the molecule is CC(C)NC(N)=NCCc1ccc(S(C)(=O)=O)cc1. The fourth-order valence-corrected chi connectivity index (χ4v) is 2.18. The Morgan fingerprint density at radius 1 is 1.32 bits per heavy atom. The predicted molar refractivity (Wildman–Crippen MR) is 78.0 cm³/mol. The van der Waals surface area contributed by atoms with Crippen LogP contribution in [0.5, 0.6) is 0 Å². The second-order valence-electron chi connectivity index (χ2n) is 4.73. The summed E-state index contributed by atoms with van der Waals surface area (Å²) in [6, 6.07) is 7.10. The lowest BCUT2D eigenvalue weighted by Crippen LogP contribution is -2.36. The van der Waals surface area contributed by atoms with Gasteiger partial charge >= 0.3 is 0 Å². The highest BCUT2D eigenvalue weighted by molar-refractivity contribution is 7.90. The second-order valence-corrected chi connectivity index (χ2v) is 6.75. The number of hydrogen-bond acceptors (Lipinski definition) is 3. The first-order chi connectivity index (χ1) is 8.79. The first kappa shape index (κ1) is 15.5. The summed E-state index contributed by atoms with van der Waals surface area (Å²) < 4.78 is 22.6. The molecular formula is C13H21N3O2S. The molecule has 0 saturated carbocycles. The number of nitrogens with two attached hydrogens (primary N) is 1. The molecular weight excluding hydrogens is 262 g/mol. The highest BCUT2D eigenvalue weighted by atomic mass is 32.2. The van der Waals surface area contributed by atoms with E-state index in [4.69, 9.17) is 5.73 Å². The van der Waals surface area contributed by atoms with Crippen LogP contribution >= 0.6 is 0 Å². The summed E-state index contributed by atoms with van der Waals surface area (Å²) in [5, 5.41) is 3.01. The molecule has 106 valence electrons. The number of benzene rings is 1. The molecule has 0 fully saturated rings. The average Bonchev–Trinajstić information content (AvgIpc) is 2.27. The lowest BCUT2D eigenvalue weighted by molar-refractivity contribution is 0.602. The van der Waals surface area contributed by atoms with Crippen LogP contribution in [0.25, 0.3) is 0 Å². The molecule has 1 aromatic carbocycles. The van der Waals surface area contributed by atoms with E-state index in [2.05, 4.69) is 10.3 Å². The zero-order valence-electron chi connectivity index (χ0n) is 11.6. The van der Waals surface area contributed by atoms with Crippen molar-refractivity contribution in [1.82, 2.24) is 5.32 Å². The summed E-state index contributed by atoms with van der Waals surface area (Å²) in [7, 11) is -3.12. The molecule has 0 heterocycles. The summed E-state index contributed by atoms with van der Waals surface area (Å²) in [5.74, 6) is 0.433. The Hall–Kier alpha value is -1.56. The predicted octanol–water partition coefficient (Wildman–Crippen LogP) is 0.945. The fraction of sp³-hybridized carbons (Fsp3) is 0.462. The number of nitrogens with one attached hydrogen (secondary N) is 1. The third-order valence-electron chi connectivity index (χ3n) is 2.47. The summed E-state index contributed by atoms with van der Waals surface area (Å²) in [4.78, 5) is 4.53. The molecule has 6 heteroatoms. The Balaban J connectivity index is 2.56. The van der Waals surface area contributed by atoms with Crippen molar-refractivity contribution in [2.45, 2.75) is 31.2 Å². The van der Waals surface area contributed by atoms with Crippen LogP contribution in [-0.2, 0) is 16.3 Å². The fourth-order valence-electron chi connectivity index (χ4n) is 1.55. The van der Waals surface area contributed by atoms with Gasteiger partial charge in [-0.3, -0.25) is 4.99 Å². The largest absolute Gasteiger partial charge is 0.370 e.